The Kier molecular flexibility index (Phi) is 5.91. The summed E-state index contributed by atoms with van der Waals surface area (Å²) in [6.07, 6.45) is 5.60. The zero-order chi connectivity index (χ0) is 20.3. The largest absolute Gasteiger partial charge is 0.370 e. The molecule has 2 amide bonds. The summed E-state index contributed by atoms with van der Waals surface area (Å²) >= 11 is 1.58. The lowest BCUT2D eigenvalue weighted by Crippen LogP contribution is -2.47. The van der Waals surface area contributed by atoms with Gasteiger partial charge in [0.15, 0.2) is 0 Å². The third kappa shape index (κ3) is 4.82. The fourth-order valence-corrected chi connectivity index (χ4v) is 4.73. The third-order valence-electron chi connectivity index (χ3n) is 5.75. The highest BCUT2D eigenvalue weighted by molar-refractivity contribution is 7.09. The Morgan fingerprint density at radius 2 is 2.14 bits per heavy atom. The molecule has 29 heavy (non-hydrogen) atoms. The van der Waals surface area contributed by atoms with Crippen LogP contribution in [0.4, 0.5) is 0 Å². The molecule has 0 bridgehead atoms. The molecular formula is C21H26N4O3S. The standard InChI is InChI=1S/C21H26N4O3S/c1-15-24-16(14-29-15)12-19(26)25-10-7-21(8-11-25)6-5-17(28-21)13-23-20(27)18-4-2-3-9-22-18/h2-4,9,14,17H,5-8,10-13H2,1H3,(H,23,27). The number of nitrogens with one attached hydrogen (secondary N) is 1. The molecule has 2 aliphatic rings. The highest BCUT2D eigenvalue weighted by Gasteiger charge is 2.43. The van der Waals surface area contributed by atoms with Crippen LogP contribution in [0.1, 0.15) is 46.9 Å². The Morgan fingerprint density at radius 3 is 2.83 bits per heavy atom. The predicted octanol–water partition coefficient (Wildman–Crippen LogP) is 2.36. The number of aromatic nitrogens is 2. The smallest absolute Gasteiger partial charge is 0.269 e. The zero-order valence-electron chi connectivity index (χ0n) is 16.6. The molecule has 1 unspecified atom stereocenters. The summed E-state index contributed by atoms with van der Waals surface area (Å²) in [6, 6.07) is 5.29. The Bertz CT molecular complexity index is 862. The van der Waals surface area contributed by atoms with Gasteiger partial charge in [-0.25, -0.2) is 4.98 Å². The molecule has 4 heterocycles. The molecule has 2 aromatic rings. The fourth-order valence-electron chi connectivity index (χ4n) is 4.12. The highest BCUT2D eigenvalue weighted by atomic mass is 32.1. The lowest BCUT2D eigenvalue weighted by molar-refractivity contribution is -0.136. The lowest BCUT2D eigenvalue weighted by Gasteiger charge is -2.39. The number of hydrogen-bond acceptors (Lipinski definition) is 6. The molecule has 7 nitrogen and oxygen atoms in total. The van der Waals surface area contributed by atoms with Crippen molar-refractivity contribution < 1.29 is 14.3 Å². The van der Waals surface area contributed by atoms with Crippen LogP contribution in [0.25, 0.3) is 0 Å². The van der Waals surface area contributed by atoms with Gasteiger partial charge in [0.2, 0.25) is 5.91 Å². The van der Waals surface area contributed by atoms with E-state index in [4.69, 9.17) is 4.74 Å². The van der Waals surface area contributed by atoms with Crippen LogP contribution in [0, 0.1) is 6.92 Å². The van der Waals surface area contributed by atoms with Crippen molar-refractivity contribution in [3.05, 3.63) is 46.2 Å². The van der Waals surface area contributed by atoms with Gasteiger partial charge in [0.25, 0.3) is 5.91 Å². The maximum atomic E-state index is 12.6. The predicted molar refractivity (Wildman–Crippen MR) is 110 cm³/mol. The van der Waals surface area contributed by atoms with Gasteiger partial charge in [-0.3, -0.25) is 14.6 Å². The number of rotatable bonds is 5. The first-order valence-corrected chi connectivity index (χ1v) is 11.0. The van der Waals surface area contributed by atoms with Crippen molar-refractivity contribution >= 4 is 23.2 Å². The molecule has 0 radical (unpaired) electrons. The first kappa shape index (κ1) is 20.0. The normalized spacial score (nSPS) is 20.7. The maximum Gasteiger partial charge on any atom is 0.269 e. The molecule has 2 aromatic heterocycles. The molecule has 1 spiro atoms. The summed E-state index contributed by atoms with van der Waals surface area (Å²) in [4.78, 5) is 35.1. The van der Waals surface area contributed by atoms with E-state index in [0.29, 0.717) is 18.7 Å². The van der Waals surface area contributed by atoms with Gasteiger partial charge in [-0.2, -0.15) is 0 Å². The number of aryl methyl sites for hydroxylation is 1. The van der Waals surface area contributed by atoms with Crippen LogP contribution in [-0.4, -0.2) is 58.0 Å². The third-order valence-corrected chi connectivity index (χ3v) is 6.58. The number of hydrogen-bond donors (Lipinski definition) is 1. The summed E-state index contributed by atoms with van der Waals surface area (Å²) in [6.45, 7) is 3.88. The first-order valence-electron chi connectivity index (χ1n) is 10.1. The number of thiazole rings is 1. The molecule has 1 N–H and O–H groups in total. The highest BCUT2D eigenvalue weighted by Crippen LogP contribution is 2.38. The number of nitrogens with zero attached hydrogens (tertiary/aromatic N) is 3. The summed E-state index contributed by atoms with van der Waals surface area (Å²) in [5, 5.41) is 5.87. The number of pyridine rings is 1. The second-order valence-electron chi connectivity index (χ2n) is 7.80. The van der Waals surface area contributed by atoms with Crippen LogP contribution in [-0.2, 0) is 16.0 Å². The molecule has 2 fully saturated rings. The second kappa shape index (κ2) is 8.59. The molecule has 0 aliphatic carbocycles. The van der Waals surface area contributed by atoms with E-state index in [-0.39, 0.29) is 23.5 Å². The second-order valence-corrected chi connectivity index (χ2v) is 8.86. The summed E-state index contributed by atoms with van der Waals surface area (Å²) in [7, 11) is 0. The van der Waals surface area contributed by atoms with E-state index in [1.807, 2.05) is 17.2 Å². The van der Waals surface area contributed by atoms with Crippen molar-refractivity contribution in [3.8, 4) is 0 Å². The monoisotopic (exact) mass is 414 g/mol. The van der Waals surface area contributed by atoms with E-state index >= 15 is 0 Å². The Labute approximate surface area is 174 Å². The topological polar surface area (TPSA) is 84.4 Å². The number of carbonyl (C=O) groups is 2. The molecule has 1 atom stereocenters. The van der Waals surface area contributed by atoms with Gasteiger partial charge < -0.3 is 15.0 Å². The van der Waals surface area contributed by atoms with Gasteiger partial charge in [0.1, 0.15) is 5.69 Å². The van der Waals surface area contributed by atoms with E-state index in [2.05, 4.69) is 15.3 Å². The van der Waals surface area contributed by atoms with Crippen molar-refractivity contribution in [3.63, 3.8) is 0 Å². The summed E-state index contributed by atoms with van der Waals surface area (Å²) in [5.74, 6) is -0.0323. The summed E-state index contributed by atoms with van der Waals surface area (Å²) in [5.41, 5.74) is 1.12. The van der Waals surface area contributed by atoms with Gasteiger partial charge in [-0.1, -0.05) is 6.07 Å². The number of amides is 2. The molecule has 154 valence electrons. The van der Waals surface area contributed by atoms with Crippen molar-refractivity contribution in [2.24, 2.45) is 0 Å². The Balaban J connectivity index is 1.23. The van der Waals surface area contributed by atoms with E-state index < -0.39 is 0 Å². The van der Waals surface area contributed by atoms with Gasteiger partial charge in [0.05, 0.1) is 28.8 Å². The van der Waals surface area contributed by atoms with Gasteiger partial charge in [-0.15, -0.1) is 11.3 Å². The maximum absolute atomic E-state index is 12.6. The number of ether oxygens (including phenoxy) is 1. The number of carbonyl (C=O) groups excluding carboxylic acids is 2. The average Bonchev–Trinajstić information content (AvgIpc) is 3.33. The van der Waals surface area contributed by atoms with Crippen LogP contribution in [0.3, 0.4) is 0 Å². The quantitative estimate of drug-likeness (QED) is 0.812. The number of likely N-dealkylation sites (tertiary alicyclic amines) is 1. The minimum atomic E-state index is -0.173. The van der Waals surface area contributed by atoms with Crippen LogP contribution in [0.2, 0.25) is 0 Å². The minimum Gasteiger partial charge on any atom is -0.370 e. The average molecular weight is 415 g/mol. The van der Waals surface area contributed by atoms with Crippen molar-refractivity contribution in [1.82, 2.24) is 20.2 Å². The van der Waals surface area contributed by atoms with Crippen LogP contribution in [0.15, 0.2) is 29.8 Å². The molecule has 2 saturated heterocycles. The van der Waals surface area contributed by atoms with Crippen molar-refractivity contribution in [2.45, 2.75) is 50.7 Å². The minimum absolute atomic E-state index is 0.0166. The van der Waals surface area contributed by atoms with E-state index in [1.54, 1.807) is 35.7 Å². The lowest BCUT2D eigenvalue weighted by atomic mass is 9.88. The van der Waals surface area contributed by atoms with Gasteiger partial charge >= 0.3 is 0 Å². The Hall–Kier alpha value is -2.32. The van der Waals surface area contributed by atoms with Crippen molar-refractivity contribution in [1.29, 1.82) is 0 Å². The van der Waals surface area contributed by atoms with Crippen molar-refractivity contribution in [2.75, 3.05) is 19.6 Å². The van der Waals surface area contributed by atoms with Crippen LogP contribution in [0.5, 0.6) is 0 Å². The van der Waals surface area contributed by atoms with Crippen LogP contribution < -0.4 is 5.32 Å². The molecule has 0 aromatic carbocycles. The fraction of sp³-hybridized carbons (Fsp3) is 0.524. The SMILES string of the molecule is Cc1nc(CC(=O)N2CCC3(CCC(CNC(=O)c4ccccn4)O3)CC2)cs1. The van der Waals surface area contributed by atoms with Crippen LogP contribution >= 0.6 is 11.3 Å². The number of piperidine rings is 1. The molecule has 2 aliphatic heterocycles. The first-order chi connectivity index (χ1) is 14.0. The van der Waals surface area contributed by atoms with E-state index in [0.717, 1.165) is 49.5 Å². The zero-order valence-corrected chi connectivity index (χ0v) is 17.4. The van der Waals surface area contributed by atoms with Gasteiger partial charge in [-0.05, 0) is 44.7 Å². The molecule has 8 heteroatoms. The van der Waals surface area contributed by atoms with Gasteiger partial charge in [0, 0.05) is 31.2 Å². The summed E-state index contributed by atoms with van der Waals surface area (Å²) < 4.78 is 6.34. The Morgan fingerprint density at radius 1 is 1.31 bits per heavy atom. The molecule has 0 saturated carbocycles. The molecular weight excluding hydrogens is 388 g/mol. The van der Waals surface area contributed by atoms with E-state index in [9.17, 15) is 9.59 Å². The molecule has 4 rings (SSSR count). The van der Waals surface area contributed by atoms with E-state index in [1.165, 1.54) is 0 Å².